The van der Waals surface area contributed by atoms with Crippen molar-refractivity contribution in [2.24, 2.45) is 0 Å². The summed E-state index contributed by atoms with van der Waals surface area (Å²) in [4.78, 5) is 13.4. The van der Waals surface area contributed by atoms with Crippen molar-refractivity contribution in [3.05, 3.63) is 12.3 Å². The van der Waals surface area contributed by atoms with Gasteiger partial charge in [0, 0.05) is 20.3 Å². The van der Waals surface area contributed by atoms with Crippen molar-refractivity contribution in [2.45, 2.75) is 25.3 Å². The molecule has 0 aliphatic carbocycles. The number of carbonyl (C=O) groups excluding carboxylic acids is 1. The van der Waals surface area contributed by atoms with E-state index >= 15 is 0 Å². The summed E-state index contributed by atoms with van der Waals surface area (Å²) in [5.74, 6) is 0.202. The number of ketones is 1. The molecule has 0 amide bonds. The lowest BCUT2D eigenvalue weighted by Gasteiger charge is -2.20. The van der Waals surface area contributed by atoms with E-state index in [0.717, 1.165) is 13.0 Å². The van der Waals surface area contributed by atoms with Crippen molar-refractivity contribution in [2.75, 3.05) is 20.6 Å². The summed E-state index contributed by atoms with van der Waals surface area (Å²) >= 11 is 0. The van der Waals surface area contributed by atoms with E-state index in [4.69, 9.17) is 0 Å². The van der Waals surface area contributed by atoms with E-state index < -0.39 is 0 Å². The summed E-state index contributed by atoms with van der Waals surface area (Å²) in [6, 6.07) is 0.0601. The van der Waals surface area contributed by atoms with Gasteiger partial charge in [-0.15, -0.1) is 0 Å². The van der Waals surface area contributed by atoms with Gasteiger partial charge in [-0.05, 0) is 25.5 Å². The minimum absolute atomic E-state index is 0.0601. The molecule has 13 heavy (non-hydrogen) atoms. The predicted octanol–water partition coefficient (Wildman–Crippen LogP) is 0.773. The lowest BCUT2D eigenvalue weighted by atomic mass is 10.0. The van der Waals surface area contributed by atoms with Gasteiger partial charge >= 0.3 is 0 Å². The Morgan fingerprint density at radius 2 is 2.23 bits per heavy atom. The van der Waals surface area contributed by atoms with Gasteiger partial charge in [0.2, 0.25) is 0 Å². The number of hydrogen-bond acceptors (Lipinski definition) is 3. The summed E-state index contributed by atoms with van der Waals surface area (Å²) in [5.41, 5.74) is 0. The van der Waals surface area contributed by atoms with Crippen molar-refractivity contribution in [1.82, 2.24) is 10.2 Å². The molecule has 1 heterocycles. The number of carbonyl (C=O) groups is 1. The van der Waals surface area contributed by atoms with Crippen LogP contribution in [-0.2, 0) is 4.79 Å². The minimum atomic E-state index is 0.0601. The third-order valence-electron chi connectivity index (χ3n) is 2.19. The highest BCUT2D eigenvalue weighted by molar-refractivity contribution is 5.94. The quantitative estimate of drug-likeness (QED) is 0.654. The van der Waals surface area contributed by atoms with Crippen LogP contribution in [0.1, 0.15) is 19.3 Å². The zero-order valence-electron chi connectivity index (χ0n) is 8.42. The standard InChI is InChI=1S/C10H18N2O/c1-12(2)8-6-10(13)9-5-3-4-7-11-9/h6,8-9,11H,3-5,7H2,1-2H3/b8-6+. The van der Waals surface area contributed by atoms with Crippen LogP contribution in [0.15, 0.2) is 12.3 Å². The van der Waals surface area contributed by atoms with E-state index in [1.54, 1.807) is 12.3 Å². The summed E-state index contributed by atoms with van der Waals surface area (Å²) in [6.45, 7) is 0.978. The maximum absolute atomic E-state index is 11.5. The molecule has 0 aromatic carbocycles. The SMILES string of the molecule is CN(C)/C=C/C(=O)C1CCCCN1. The second-order valence-corrected chi connectivity index (χ2v) is 3.68. The lowest BCUT2D eigenvalue weighted by Crippen LogP contribution is -2.39. The fraction of sp³-hybridized carbons (Fsp3) is 0.700. The zero-order chi connectivity index (χ0) is 9.68. The van der Waals surface area contributed by atoms with Crippen molar-refractivity contribution < 1.29 is 4.79 Å². The Morgan fingerprint density at radius 3 is 2.77 bits per heavy atom. The van der Waals surface area contributed by atoms with Crippen LogP contribution in [0.4, 0.5) is 0 Å². The molecule has 0 bridgehead atoms. The van der Waals surface area contributed by atoms with E-state index in [-0.39, 0.29) is 11.8 Å². The molecule has 74 valence electrons. The molecule has 1 aliphatic heterocycles. The van der Waals surface area contributed by atoms with E-state index in [9.17, 15) is 4.79 Å². The third-order valence-corrected chi connectivity index (χ3v) is 2.19. The molecular formula is C10H18N2O. The Labute approximate surface area is 79.8 Å². The Morgan fingerprint density at radius 1 is 1.46 bits per heavy atom. The summed E-state index contributed by atoms with van der Waals surface area (Å²) in [7, 11) is 3.83. The minimum Gasteiger partial charge on any atom is -0.383 e. The van der Waals surface area contributed by atoms with Crippen LogP contribution >= 0.6 is 0 Å². The monoisotopic (exact) mass is 182 g/mol. The Balaban J connectivity index is 2.37. The fourth-order valence-electron chi connectivity index (χ4n) is 1.43. The first kappa shape index (κ1) is 10.3. The van der Waals surface area contributed by atoms with Crippen LogP contribution in [0.3, 0.4) is 0 Å². The molecule has 3 heteroatoms. The van der Waals surface area contributed by atoms with Crippen LogP contribution in [0.2, 0.25) is 0 Å². The summed E-state index contributed by atoms with van der Waals surface area (Å²) in [6.07, 6.45) is 6.80. The van der Waals surface area contributed by atoms with Crippen LogP contribution in [0, 0.1) is 0 Å². The predicted molar refractivity (Wildman–Crippen MR) is 53.5 cm³/mol. The highest BCUT2D eigenvalue weighted by atomic mass is 16.1. The zero-order valence-corrected chi connectivity index (χ0v) is 8.42. The molecule has 0 aromatic heterocycles. The molecular weight excluding hydrogens is 164 g/mol. The average Bonchev–Trinajstić information content (AvgIpc) is 2.15. The smallest absolute Gasteiger partial charge is 0.173 e. The molecule has 0 aromatic rings. The van der Waals surface area contributed by atoms with Crippen LogP contribution in [-0.4, -0.2) is 37.4 Å². The van der Waals surface area contributed by atoms with E-state index in [1.807, 2.05) is 19.0 Å². The molecule has 1 fully saturated rings. The van der Waals surface area contributed by atoms with Gasteiger partial charge in [-0.1, -0.05) is 6.42 Å². The van der Waals surface area contributed by atoms with Crippen molar-refractivity contribution in [3.8, 4) is 0 Å². The lowest BCUT2D eigenvalue weighted by molar-refractivity contribution is -0.117. The van der Waals surface area contributed by atoms with Gasteiger partial charge in [0.1, 0.15) is 0 Å². The van der Waals surface area contributed by atoms with Crippen molar-refractivity contribution in [3.63, 3.8) is 0 Å². The molecule has 1 atom stereocenters. The first-order valence-corrected chi connectivity index (χ1v) is 4.82. The van der Waals surface area contributed by atoms with Crippen molar-refractivity contribution >= 4 is 5.78 Å². The molecule has 1 aliphatic rings. The van der Waals surface area contributed by atoms with Crippen LogP contribution < -0.4 is 5.32 Å². The number of piperidine rings is 1. The largest absolute Gasteiger partial charge is 0.383 e. The van der Waals surface area contributed by atoms with Crippen LogP contribution in [0.5, 0.6) is 0 Å². The Kier molecular flexibility index (Phi) is 3.96. The second-order valence-electron chi connectivity index (χ2n) is 3.68. The molecule has 0 spiro atoms. The van der Waals surface area contributed by atoms with E-state index in [0.29, 0.717) is 0 Å². The first-order chi connectivity index (χ1) is 6.20. The highest BCUT2D eigenvalue weighted by Gasteiger charge is 2.17. The van der Waals surface area contributed by atoms with Gasteiger partial charge in [-0.3, -0.25) is 4.79 Å². The molecule has 1 saturated heterocycles. The highest BCUT2D eigenvalue weighted by Crippen LogP contribution is 2.08. The summed E-state index contributed by atoms with van der Waals surface area (Å²) in [5, 5.41) is 3.22. The molecule has 3 nitrogen and oxygen atoms in total. The number of nitrogens with zero attached hydrogens (tertiary/aromatic N) is 1. The van der Waals surface area contributed by atoms with Gasteiger partial charge in [0.25, 0.3) is 0 Å². The summed E-state index contributed by atoms with van der Waals surface area (Å²) < 4.78 is 0. The fourth-order valence-corrected chi connectivity index (χ4v) is 1.43. The maximum atomic E-state index is 11.5. The van der Waals surface area contributed by atoms with E-state index in [2.05, 4.69) is 5.32 Å². The molecule has 0 radical (unpaired) electrons. The first-order valence-electron chi connectivity index (χ1n) is 4.82. The normalized spacial score (nSPS) is 23.4. The van der Waals surface area contributed by atoms with Gasteiger partial charge in [-0.2, -0.15) is 0 Å². The van der Waals surface area contributed by atoms with Gasteiger partial charge in [0.05, 0.1) is 6.04 Å². The number of nitrogens with one attached hydrogen (secondary N) is 1. The van der Waals surface area contributed by atoms with Gasteiger partial charge in [0.15, 0.2) is 5.78 Å². The Bertz CT molecular complexity index is 193. The Hall–Kier alpha value is -0.830. The molecule has 1 rings (SSSR count). The second kappa shape index (κ2) is 5.02. The number of rotatable bonds is 3. The third kappa shape index (κ3) is 3.59. The topological polar surface area (TPSA) is 32.3 Å². The maximum Gasteiger partial charge on any atom is 0.173 e. The molecule has 1 N–H and O–H groups in total. The molecule has 0 saturated carbocycles. The van der Waals surface area contributed by atoms with E-state index in [1.165, 1.54) is 12.8 Å². The van der Waals surface area contributed by atoms with Crippen molar-refractivity contribution in [1.29, 1.82) is 0 Å². The number of hydrogen-bond donors (Lipinski definition) is 1. The average molecular weight is 182 g/mol. The van der Waals surface area contributed by atoms with Gasteiger partial charge in [-0.25, -0.2) is 0 Å². The van der Waals surface area contributed by atoms with Gasteiger partial charge < -0.3 is 10.2 Å². The molecule has 1 unspecified atom stereocenters. The van der Waals surface area contributed by atoms with Crippen LogP contribution in [0.25, 0.3) is 0 Å².